The maximum atomic E-state index is 13.9. The van der Waals surface area contributed by atoms with Gasteiger partial charge in [0.05, 0.1) is 35.7 Å². The van der Waals surface area contributed by atoms with Gasteiger partial charge in [0.1, 0.15) is 5.82 Å². The summed E-state index contributed by atoms with van der Waals surface area (Å²) in [5.74, 6) is -2.42. The molecule has 0 bridgehead atoms. The van der Waals surface area contributed by atoms with Crippen molar-refractivity contribution in [1.82, 2.24) is 14.8 Å². The number of nitrogens with one attached hydrogen (secondary N) is 1. The van der Waals surface area contributed by atoms with Crippen molar-refractivity contribution in [2.24, 2.45) is 0 Å². The molecule has 0 amide bonds. The lowest BCUT2D eigenvalue weighted by molar-refractivity contribution is 0.00578. The fourth-order valence-corrected chi connectivity index (χ4v) is 3.94. The first-order valence-corrected chi connectivity index (χ1v) is 10.2. The van der Waals surface area contributed by atoms with Crippen molar-refractivity contribution < 1.29 is 23.1 Å². The van der Waals surface area contributed by atoms with Gasteiger partial charge >= 0.3 is 14.2 Å². The van der Waals surface area contributed by atoms with Gasteiger partial charge in [-0.1, -0.05) is 24.3 Å². The monoisotopic (exact) mass is 417 g/mol. The lowest BCUT2D eigenvalue weighted by Gasteiger charge is -2.32. The Morgan fingerprint density at radius 1 is 1.17 bits per heavy atom. The van der Waals surface area contributed by atoms with Gasteiger partial charge < -0.3 is 24.1 Å². The second kappa shape index (κ2) is 7.15. The number of H-pyrrole nitrogens is 1. The quantitative estimate of drug-likeness (QED) is 0.750. The molecule has 1 atom stereocenters. The summed E-state index contributed by atoms with van der Waals surface area (Å²) >= 11 is 0. The van der Waals surface area contributed by atoms with E-state index in [4.69, 9.17) is 9.31 Å². The normalized spacial score (nSPS) is 25.1. The first kappa shape index (κ1) is 21.5. The molecular weight excluding hydrogens is 390 g/mol. The van der Waals surface area contributed by atoms with Crippen LogP contribution in [0.3, 0.4) is 0 Å². The van der Waals surface area contributed by atoms with Crippen LogP contribution in [0.25, 0.3) is 11.3 Å². The molecule has 160 valence electrons. The first-order chi connectivity index (χ1) is 13.9. The molecule has 10 heteroatoms. The summed E-state index contributed by atoms with van der Waals surface area (Å²) in [5, 5.41) is 9.88. The third kappa shape index (κ3) is 3.82. The van der Waals surface area contributed by atoms with E-state index in [-0.39, 0.29) is 6.42 Å². The Morgan fingerprint density at radius 2 is 1.77 bits per heavy atom. The van der Waals surface area contributed by atoms with Crippen LogP contribution in [0.4, 0.5) is 8.78 Å². The Balaban J connectivity index is 1.52. The molecule has 0 unspecified atom stereocenters. The summed E-state index contributed by atoms with van der Waals surface area (Å²) < 4.78 is 40.0. The molecule has 0 aliphatic carbocycles. The lowest BCUT2D eigenvalue weighted by atomic mass is 9.79. The molecule has 6 nitrogen and oxygen atoms in total. The van der Waals surface area contributed by atoms with Crippen molar-refractivity contribution in [3.05, 3.63) is 36.3 Å². The minimum absolute atomic E-state index is 0.369. The summed E-state index contributed by atoms with van der Waals surface area (Å²) in [7, 11) is -1.42. The number of alkyl halides is 2. The zero-order valence-electron chi connectivity index (χ0n) is 17.9. The molecule has 0 spiro atoms. The highest BCUT2D eigenvalue weighted by Gasteiger charge is 2.52. The molecule has 2 aliphatic rings. The molecule has 30 heavy (non-hydrogen) atoms. The van der Waals surface area contributed by atoms with E-state index >= 15 is 0 Å². The molecule has 1 aromatic carbocycles. The molecule has 2 aliphatic heterocycles. The van der Waals surface area contributed by atoms with Crippen LogP contribution in [0.15, 0.2) is 30.5 Å². The van der Waals surface area contributed by atoms with E-state index < -0.39 is 43.9 Å². The fourth-order valence-electron chi connectivity index (χ4n) is 3.94. The lowest BCUT2D eigenvalue weighted by Crippen LogP contribution is -2.41. The Labute approximate surface area is 176 Å². The number of rotatable bonds is 4. The van der Waals surface area contributed by atoms with Gasteiger partial charge in [-0.25, -0.2) is 13.8 Å². The highest BCUT2D eigenvalue weighted by molar-refractivity contribution is 6.62. The zero-order valence-corrected chi connectivity index (χ0v) is 17.9. The van der Waals surface area contributed by atoms with Crippen molar-refractivity contribution in [1.29, 1.82) is 0 Å². The fraction of sp³-hybridized carbons (Fsp3) is 0.550. The molecule has 2 N–H and O–H groups in total. The minimum atomic E-state index is -2.85. The van der Waals surface area contributed by atoms with Gasteiger partial charge in [-0.2, -0.15) is 0 Å². The zero-order chi connectivity index (χ0) is 21.9. The van der Waals surface area contributed by atoms with Gasteiger partial charge in [0.2, 0.25) is 0 Å². The maximum absolute atomic E-state index is 13.9. The molecule has 0 radical (unpaired) electrons. The molecule has 0 saturated carbocycles. The van der Waals surface area contributed by atoms with Gasteiger partial charge in [-0.05, 0) is 45.5 Å². The molecule has 2 fully saturated rings. The van der Waals surface area contributed by atoms with Crippen LogP contribution >= 0.6 is 0 Å². The van der Waals surface area contributed by atoms with Crippen LogP contribution in [0, 0.1) is 0 Å². The molecule has 4 rings (SSSR count). The van der Waals surface area contributed by atoms with Crippen molar-refractivity contribution in [3.8, 4) is 11.3 Å². The van der Waals surface area contributed by atoms with E-state index in [0.29, 0.717) is 5.82 Å². The topological polar surface area (TPSA) is 70.6 Å². The van der Waals surface area contributed by atoms with Crippen molar-refractivity contribution >= 4 is 19.6 Å². The van der Waals surface area contributed by atoms with Crippen LogP contribution in [0.2, 0.25) is 6.82 Å². The Morgan fingerprint density at radius 3 is 2.33 bits per heavy atom. The number of hydrogen-bond acceptors (Lipinski definition) is 5. The van der Waals surface area contributed by atoms with Crippen molar-refractivity contribution in [3.63, 3.8) is 0 Å². The first-order valence-electron chi connectivity index (χ1n) is 10.2. The van der Waals surface area contributed by atoms with E-state index in [9.17, 15) is 13.8 Å². The van der Waals surface area contributed by atoms with Crippen LogP contribution in [-0.2, 0) is 9.31 Å². The van der Waals surface area contributed by atoms with E-state index in [1.54, 1.807) is 6.20 Å². The second-order valence-corrected chi connectivity index (χ2v) is 9.27. The Hall–Kier alpha value is -1.74. The number of nitrogens with zero attached hydrogens (tertiary/aromatic N) is 2. The van der Waals surface area contributed by atoms with Gasteiger partial charge in [-0.3, -0.25) is 0 Å². The maximum Gasteiger partial charge on any atom is 0.494 e. The van der Waals surface area contributed by atoms with Crippen molar-refractivity contribution in [2.45, 2.75) is 64.1 Å². The third-order valence-corrected chi connectivity index (χ3v) is 6.44. The smallest absolute Gasteiger partial charge is 0.437 e. The van der Waals surface area contributed by atoms with Crippen LogP contribution in [-0.4, -0.2) is 57.6 Å². The van der Waals surface area contributed by atoms with Gasteiger partial charge in [0, 0.05) is 6.42 Å². The summed E-state index contributed by atoms with van der Waals surface area (Å²) in [6.45, 7) is 9.06. The largest absolute Gasteiger partial charge is 0.494 e. The molecule has 1 aromatic heterocycles. The average Bonchev–Trinajstić information content (AvgIpc) is 3.30. The summed E-state index contributed by atoms with van der Waals surface area (Å²) in [5.41, 5.74) is 1.70. The van der Waals surface area contributed by atoms with Gasteiger partial charge in [-0.15, -0.1) is 0 Å². The average molecular weight is 417 g/mol. The van der Waals surface area contributed by atoms with E-state index in [2.05, 4.69) is 9.97 Å². The predicted octanol–water partition coefficient (Wildman–Crippen LogP) is 2.87. The van der Waals surface area contributed by atoms with Crippen LogP contribution in [0.5, 0.6) is 0 Å². The number of aromatic amines is 1. The standard InChI is InChI=1S/C20H27B2F2N3O3/c1-18(2)19(3,4)30-22(29-18)14-8-6-13(7-9-14)15-11-25-17(26-15)16-10-20(23,24)12-27(16)21(5)28/h6-9,11,16,28H,10,12H2,1-5H3,(H,25,26)/t16-/m0/s1. The van der Waals surface area contributed by atoms with Gasteiger partial charge in [0.15, 0.2) is 0 Å². The van der Waals surface area contributed by atoms with E-state index in [0.717, 1.165) is 16.7 Å². The van der Waals surface area contributed by atoms with E-state index in [1.807, 2.05) is 52.0 Å². The molecule has 2 saturated heterocycles. The number of halogens is 2. The number of hydrogen-bond donors (Lipinski definition) is 2. The Kier molecular flexibility index (Phi) is 5.12. The number of benzene rings is 1. The summed E-state index contributed by atoms with van der Waals surface area (Å²) in [6.07, 6.45) is 1.27. The third-order valence-electron chi connectivity index (χ3n) is 6.44. The summed E-state index contributed by atoms with van der Waals surface area (Å²) in [6, 6.07) is 7.06. The minimum Gasteiger partial charge on any atom is -0.437 e. The highest BCUT2D eigenvalue weighted by Crippen LogP contribution is 2.41. The molecule has 2 aromatic rings. The highest BCUT2D eigenvalue weighted by atomic mass is 19.3. The van der Waals surface area contributed by atoms with Crippen molar-refractivity contribution in [2.75, 3.05) is 6.54 Å². The number of aromatic nitrogens is 2. The second-order valence-electron chi connectivity index (χ2n) is 9.27. The van der Waals surface area contributed by atoms with Gasteiger partial charge in [0.25, 0.3) is 5.92 Å². The Bertz CT molecular complexity index is 902. The number of imidazole rings is 1. The summed E-state index contributed by atoms with van der Waals surface area (Å²) in [4.78, 5) is 8.83. The predicted molar refractivity (Wildman–Crippen MR) is 113 cm³/mol. The SMILES string of the molecule is CB(O)N1CC(F)(F)C[C@H]1c1ncc(-c2ccc(B3OC(C)(C)C(C)(C)O3)cc2)[nH]1. The van der Waals surface area contributed by atoms with E-state index in [1.165, 1.54) is 11.6 Å². The molecule has 3 heterocycles. The van der Waals surface area contributed by atoms with Crippen LogP contribution in [0.1, 0.15) is 46.0 Å². The molecular formula is C20H27B2F2N3O3. The van der Waals surface area contributed by atoms with Crippen LogP contribution < -0.4 is 5.46 Å².